The first kappa shape index (κ1) is 26.7. The quantitative estimate of drug-likeness (QED) is 0.157. The van der Waals surface area contributed by atoms with E-state index in [0.29, 0.717) is 0 Å². The van der Waals surface area contributed by atoms with E-state index in [1.54, 1.807) is 0 Å². The normalized spacial score (nSPS) is 53.6. The Hall–Kier alpha value is -0.890. The first-order chi connectivity index (χ1) is 15.5. The van der Waals surface area contributed by atoms with E-state index < -0.39 is 98.4 Å². The standard InChI is InChI=1S/C18H33N3O12/c19-4-1-5(20)16(33-18-13(28)12(27)10(25)7(3-23)31-18)14(29)15(4)32-17-11(26)8(21)9(24)6(2-22)30-17/h3-18,22,24-29H,1-2,19-21H2/t4-,5+,6-,7-,8+,9-,10-,11-,12+,13-,14-,15+,16-,17-,18-/m1/s1. The van der Waals surface area contributed by atoms with Gasteiger partial charge in [0.25, 0.3) is 0 Å². The van der Waals surface area contributed by atoms with Crippen molar-refractivity contribution in [2.45, 2.75) is 98.2 Å². The van der Waals surface area contributed by atoms with Gasteiger partial charge in [-0.3, -0.25) is 0 Å². The van der Waals surface area contributed by atoms with Gasteiger partial charge in [-0.25, -0.2) is 0 Å². The molecular formula is C18H33N3O12. The third-order valence-corrected chi connectivity index (χ3v) is 6.32. The molecule has 1 saturated carbocycles. The van der Waals surface area contributed by atoms with Gasteiger partial charge in [0.2, 0.25) is 0 Å². The van der Waals surface area contributed by atoms with Gasteiger partial charge in [-0.1, -0.05) is 0 Å². The Labute approximate surface area is 188 Å². The SMILES string of the molecule is N[C@@H]1[C@@H](O)[C@@H](O[C@@H]2[C@@H](O)[C@H](O[C@H]3O[C@H](C=O)[C@@H](O)[C@H](O)[C@H]3O)[C@@H](N)C[C@H]2N)O[C@H](CO)[C@H]1O. The molecule has 2 heterocycles. The third-order valence-electron chi connectivity index (χ3n) is 6.32. The second-order valence-electron chi connectivity index (χ2n) is 8.62. The monoisotopic (exact) mass is 483 g/mol. The lowest BCUT2D eigenvalue weighted by Gasteiger charge is -2.47. The maximum absolute atomic E-state index is 11.1. The molecule has 3 aliphatic rings. The average Bonchev–Trinajstić information content (AvgIpc) is 2.79. The summed E-state index contributed by atoms with van der Waals surface area (Å²) in [6.45, 7) is -0.611. The first-order valence-electron chi connectivity index (χ1n) is 10.5. The lowest BCUT2D eigenvalue weighted by atomic mass is 9.84. The van der Waals surface area contributed by atoms with Crippen LogP contribution in [0.2, 0.25) is 0 Å². The van der Waals surface area contributed by atoms with Crippen LogP contribution in [0.3, 0.4) is 0 Å². The largest absolute Gasteiger partial charge is 0.394 e. The summed E-state index contributed by atoms with van der Waals surface area (Å²) < 4.78 is 21.8. The molecule has 0 unspecified atom stereocenters. The van der Waals surface area contributed by atoms with Crippen LogP contribution >= 0.6 is 0 Å². The maximum Gasteiger partial charge on any atom is 0.187 e. The first-order valence-corrected chi connectivity index (χ1v) is 10.5. The van der Waals surface area contributed by atoms with Crippen molar-refractivity contribution in [3.8, 4) is 0 Å². The molecule has 3 fully saturated rings. The highest BCUT2D eigenvalue weighted by Crippen LogP contribution is 2.31. The molecule has 2 saturated heterocycles. The zero-order valence-electron chi connectivity index (χ0n) is 17.6. The molecule has 0 aromatic rings. The molecule has 3 rings (SSSR count). The maximum atomic E-state index is 11.1. The molecule has 0 bridgehead atoms. The molecule has 192 valence electrons. The predicted molar refractivity (Wildman–Crippen MR) is 105 cm³/mol. The van der Waals surface area contributed by atoms with Gasteiger partial charge >= 0.3 is 0 Å². The van der Waals surface area contributed by atoms with Crippen molar-refractivity contribution in [1.29, 1.82) is 0 Å². The number of aldehydes is 1. The summed E-state index contributed by atoms with van der Waals surface area (Å²) in [7, 11) is 0. The van der Waals surface area contributed by atoms with Crippen molar-refractivity contribution in [2.75, 3.05) is 6.61 Å². The summed E-state index contributed by atoms with van der Waals surface area (Å²) in [5.74, 6) is 0. The minimum absolute atomic E-state index is 0.0401. The number of carbonyl (C=O) groups is 1. The molecule has 2 aliphatic heterocycles. The second kappa shape index (κ2) is 10.8. The third kappa shape index (κ3) is 5.21. The minimum Gasteiger partial charge on any atom is -0.394 e. The summed E-state index contributed by atoms with van der Waals surface area (Å²) in [6.07, 6.45) is -17.7. The average molecular weight is 483 g/mol. The van der Waals surface area contributed by atoms with E-state index in [4.69, 9.17) is 36.1 Å². The van der Waals surface area contributed by atoms with Gasteiger partial charge < -0.3 is 76.7 Å². The second-order valence-corrected chi connectivity index (χ2v) is 8.62. The van der Waals surface area contributed by atoms with Gasteiger partial charge in [-0.2, -0.15) is 0 Å². The molecule has 15 nitrogen and oxygen atoms in total. The number of ether oxygens (including phenoxy) is 4. The van der Waals surface area contributed by atoms with Gasteiger partial charge in [0.1, 0.15) is 61.0 Å². The Balaban J connectivity index is 1.73. The zero-order chi connectivity index (χ0) is 24.6. The van der Waals surface area contributed by atoms with Crippen molar-refractivity contribution in [3.05, 3.63) is 0 Å². The summed E-state index contributed by atoms with van der Waals surface area (Å²) in [4.78, 5) is 11.1. The Morgan fingerprint density at radius 1 is 0.758 bits per heavy atom. The van der Waals surface area contributed by atoms with Crippen molar-refractivity contribution < 1.29 is 59.5 Å². The van der Waals surface area contributed by atoms with E-state index in [1.165, 1.54) is 0 Å². The Kier molecular flexibility index (Phi) is 8.74. The predicted octanol–water partition coefficient (Wildman–Crippen LogP) is -7.05. The molecule has 0 aromatic carbocycles. The topological polar surface area (TPSA) is 274 Å². The van der Waals surface area contributed by atoms with Crippen LogP contribution < -0.4 is 17.2 Å². The number of hydrogen-bond acceptors (Lipinski definition) is 15. The molecule has 0 spiro atoms. The number of rotatable bonds is 6. The molecule has 15 atom stereocenters. The zero-order valence-corrected chi connectivity index (χ0v) is 17.6. The minimum atomic E-state index is -1.76. The molecule has 15 heteroatoms. The summed E-state index contributed by atoms with van der Waals surface area (Å²) in [6, 6.07) is -2.98. The molecule has 0 aromatic heterocycles. The fraction of sp³-hybridized carbons (Fsp3) is 0.944. The van der Waals surface area contributed by atoms with E-state index in [9.17, 15) is 40.5 Å². The number of aliphatic hydroxyl groups excluding tert-OH is 7. The number of hydrogen-bond donors (Lipinski definition) is 10. The van der Waals surface area contributed by atoms with Crippen LogP contribution in [0.4, 0.5) is 0 Å². The number of carbonyl (C=O) groups excluding carboxylic acids is 1. The van der Waals surface area contributed by atoms with Crippen LogP contribution in [-0.2, 0) is 23.7 Å². The van der Waals surface area contributed by atoms with Crippen LogP contribution in [0, 0.1) is 0 Å². The molecule has 13 N–H and O–H groups in total. The van der Waals surface area contributed by atoms with Crippen LogP contribution in [0.15, 0.2) is 0 Å². The lowest BCUT2D eigenvalue weighted by molar-refractivity contribution is -0.328. The fourth-order valence-electron chi connectivity index (χ4n) is 4.28. The fourth-order valence-corrected chi connectivity index (χ4v) is 4.28. The molecule has 1 aliphatic carbocycles. The number of aliphatic hydroxyl groups is 7. The number of nitrogens with two attached hydrogens (primary N) is 3. The van der Waals surface area contributed by atoms with Crippen molar-refractivity contribution in [3.63, 3.8) is 0 Å². The molecule has 33 heavy (non-hydrogen) atoms. The smallest absolute Gasteiger partial charge is 0.187 e. The summed E-state index contributed by atoms with van der Waals surface area (Å²) >= 11 is 0. The van der Waals surface area contributed by atoms with Gasteiger partial charge in [-0.05, 0) is 6.42 Å². The summed E-state index contributed by atoms with van der Waals surface area (Å²) in [5, 5.41) is 70.5. The molecule has 0 radical (unpaired) electrons. The summed E-state index contributed by atoms with van der Waals surface area (Å²) in [5.41, 5.74) is 17.9. The van der Waals surface area contributed by atoms with E-state index in [-0.39, 0.29) is 12.7 Å². The van der Waals surface area contributed by atoms with E-state index in [2.05, 4.69) is 0 Å². The lowest BCUT2D eigenvalue weighted by Crippen LogP contribution is -2.68. The van der Waals surface area contributed by atoms with E-state index in [1.807, 2.05) is 0 Å². The Morgan fingerprint density at radius 3 is 1.82 bits per heavy atom. The van der Waals surface area contributed by atoms with Crippen LogP contribution in [0.5, 0.6) is 0 Å². The van der Waals surface area contributed by atoms with Crippen molar-refractivity contribution in [2.24, 2.45) is 17.2 Å². The van der Waals surface area contributed by atoms with Gasteiger partial charge in [0, 0.05) is 12.1 Å². The Bertz CT molecular complexity index is 661. The van der Waals surface area contributed by atoms with Crippen molar-refractivity contribution in [1.82, 2.24) is 0 Å². The van der Waals surface area contributed by atoms with Gasteiger partial charge in [0.15, 0.2) is 18.9 Å². The van der Waals surface area contributed by atoms with E-state index >= 15 is 0 Å². The van der Waals surface area contributed by atoms with Crippen LogP contribution in [0.25, 0.3) is 0 Å². The molecular weight excluding hydrogens is 450 g/mol. The van der Waals surface area contributed by atoms with Crippen LogP contribution in [-0.4, -0.2) is 140 Å². The highest BCUT2D eigenvalue weighted by molar-refractivity contribution is 5.57. The van der Waals surface area contributed by atoms with E-state index in [0.717, 1.165) is 0 Å². The van der Waals surface area contributed by atoms with Crippen LogP contribution in [0.1, 0.15) is 6.42 Å². The highest BCUT2D eigenvalue weighted by atomic mass is 16.7. The van der Waals surface area contributed by atoms with Crippen molar-refractivity contribution >= 4 is 6.29 Å². The molecule has 0 amide bonds. The highest BCUT2D eigenvalue weighted by Gasteiger charge is 2.51. The van der Waals surface area contributed by atoms with Gasteiger partial charge in [-0.15, -0.1) is 0 Å². The van der Waals surface area contributed by atoms with Gasteiger partial charge in [0.05, 0.1) is 12.6 Å². The Morgan fingerprint density at radius 2 is 1.30 bits per heavy atom.